The van der Waals surface area contributed by atoms with E-state index in [2.05, 4.69) is 17.6 Å². The van der Waals surface area contributed by atoms with Crippen LogP contribution >= 0.6 is 0 Å². The van der Waals surface area contributed by atoms with E-state index in [-0.39, 0.29) is 0 Å². The molecule has 1 aliphatic heterocycles. The lowest BCUT2D eigenvalue weighted by molar-refractivity contribution is 0.511. The van der Waals surface area contributed by atoms with E-state index >= 15 is 0 Å². The van der Waals surface area contributed by atoms with E-state index in [0.29, 0.717) is 12.1 Å². The van der Waals surface area contributed by atoms with Crippen LogP contribution in [0.1, 0.15) is 13.3 Å². The lowest BCUT2D eigenvalue weighted by Crippen LogP contribution is -2.35. The molecular formula is C6H14N2. The van der Waals surface area contributed by atoms with Crippen molar-refractivity contribution in [2.24, 2.45) is 0 Å². The fourth-order valence-electron chi connectivity index (χ4n) is 1.25. The fraction of sp³-hybridized carbons (Fsp3) is 1.00. The van der Waals surface area contributed by atoms with Crippen LogP contribution in [0.25, 0.3) is 0 Å². The molecular weight excluding hydrogens is 100 g/mol. The molecule has 2 unspecified atom stereocenters. The van der Waals surface area contributed by atoms with E-state index in [4.69, 9.17) is 0 Å². The molecule has 1 fully saturated rings. The maximum absolute atomic E-state index is 3.36. The second-order valence-electron chi connectivity index (χ2n) is 2.43. The van der Waals surface area contributed by atoms with Gasteiger partial charge in [0.05, 0.1) is 0 Å². The third-order valence-corrected chi connectivity index (χ3v) is 1.90. The minimum absolute atomic E-state index is 0.667. The van der Waals surface area contributed by atoms with Crippen molar-refractivity contribution in [3.8, 4) is 0 Å². The Kier molecular flexibility index (Phi) is 1.86. The van der Waals surface area contributed by atoms with Gasteiger partial charge >= 0.3 is 0 Å². The first-order valence-corrected chi connectivity index (χ1v) is 3.25. The summed E-state index contributed by atoms with van der Waals surface area (Å²) in [5, 5.41) is 6.61. The Bertz CT molecular complexity index is 72.9. The molecule has 2 N–H and O–H groups in total. The SMILES string of the molecule is CNC1CCNC1C. The van der Waals surface area contributed by atoms with Gasteiger partial charge in [-0.3, -0.25) is 0 Å². The van der Waals surface area contributed by atoms with Crippen molar-refractivity contribution in [1.82, 2.24) is 10.6 Å². The molecule has 0 aromatic heterocycles. The average Bonchev–Trinajstić information content (AvgIpc) is 2.14. The lowest BCUT2D eigenvalue weighted by Gasteiger charge is -2.12. The second kappa shape index (κ2) is 2.46. The molecule has 0 aromatic carbocycles. The summed E-state index contributed by atoms with van der Waals surface area (Å²) in [6, 6.07) is 1.37. The summed E-state index contributed by atoms with van der Waals surface area (Å²) >= 11 is 0. The standard InChI is InChI=1S/C6H14N2/c1-5-6(7-2)3-4-8-5/h5-8H,3-4H2,1-2H3. The summed E-state index contributed by atoms with van der Waals surface area (Å²) in [6.45, 7) is 3.39. The minimum Gasteiger partial charge on any atom is -0.315 e. The van der Waals surface area contributed by atoms with Gasteiger partial charge < -0.3 is 10.6 Å². The smallest absolute Gasteiger partial charge is 0.0227 e. The van der Waals surface area contributed by atoms with Gasteiger partial charge in [0.15, 0.2) is 0 Å². The normalized spacial score (nSPS) is 38.2. The average molecular weight is 114 g/mol. The molecule has 1 heterocycles. The van der Waals surface area contributed by atoms with Crippen LogP contribution in [0, 0.1) is 0 Å². The molecule has 0 amide bonds. The molecule has 2 nitrogen and oxygen atoms in total. The van der Waals surface area contributed by atoms with E-state index in [9.17, 15) is 0 Å². The van der Waals surface area contributed by atoms with Gasteiger partial charge in [-0.25, -0.2) is 0 Å². The van der Waals surface area contributed by atoms with Gasteiger partial charge in [-0.2, -0.15) is 0 Å². The predicted molar refractivity (Wildman–Crippen MR) is 34.9 cm³/mol. The Morgan fingerprint density at radius 1 is 1.62 bits per heavy atom. The van der Waals surface area contributed by atoms with Crippen LogP contribution in [-0.4, -0.2) is 25.7 Å². The highest BCUT2D eigenvalue weighted by Gasteiger charge is 2.19. The van der Waals surface area contributed by atoms with Crippen molar-refractivity contribution in [3.63, 3.8) is 0 Å². The fourth-order valence-corrected chi connectivity index (χ4v) is 1.25. The van der Waals surface area contributed by atoms with Gasteiger partial charge in [-0.1, -0.05) is 0 Å². The number of nitrogens with one attached hydrogen (secondary N) is 2. The molecule has 48 valence electrons. The zero-order valence-corrected chi connectivity index (χ0v) is 5.57. The van der Waals surface area contributed by atoms with Crippen molar-refractivity contribution in [2.45, 2.75) is 25.4 Å². The van der Waals surface area contributed by atoms with Crippen molar-refractivity contribution in [1.29, 1.82) is 0 Å². The highest BCUT2D eigenvalue weighted by atomic mass is 15.0. The van der Waals surface area contributed by atoms with Crippen LogP contribution in [0.2, 0.25) is 0 Å². The van der Waals surface area contributed by atoms with Crippen molar-refractivity contribution in [2.75, 3.05) is 13.6 Å². The maximum atomic E-state index is 3.36. The van der Waals surface area contributed by atoms with Crippen LogP contribution in [-0.2, 0) is 0 Å². The first-order chi connectivity index (χ1) is 3.84. The number of likely N-dealkylation sites (N-methyl/N-ethyl adjacent to an activating group) is 1. The highest BCUT2D eigenvalue weighted by Crippen LogP contribution is 2.03. The Morgan fingerprint density at radius 3 is 2.62 bits per heavy atom. The molecule has 1 saturated heterocycles. The van der Waals surface area contributed by atoms with E-state index in [1.807, 2.05) is 7.05 Å². The van der Waals surface area contributed by atoms with Gasteiger partial charge in [0.1, 0.15) is 0 Å². The van der Waals surface area contributed by atoms with E-state index in [1.54, 1.807) is 0 Å². The summed E-state index contributed by atoms with van der Waals surface area (Å²) in [4.78, 5) is 0. The molecule has 0 saturated carbocycles. The largest absolute Gasteiger partial charge is 0.315 e. The van der Waals surface area contributed by atoms with Gasteiger partial charge in [0.2, 0.25) is 0 Å². The summed E-state index contributed by atoms with van der Waals surface area (Å²) in [5.41, 5.74) is 0. The van der Waals surface area contributed by atoms with Gasteiger partial charge in [-0.15, -0.1) is 0 Å². The quantitative estimate of drug-likeness (QED) is 0.499. The van der Waals surface area contributed by atoms with Crippen molar-refractivity contribution in [3.05, 3.63) is 0 Å². The summed E-state index contributed by atoms with van der Waals surface area (Å²) in [7, 11) is 2.02. The molecule has 1 rings (SSSR count). The van der Waals surface area contributed by atoms with Crippen molar-refractivity contribution < 1.29 is 0 Å². The van der Waals surface area contributed by atoms with E-state index in [1.165, 1.54) is 13.0 Å². The number of rotatable bonds is 1. The summed E-state index contributed by atoms with van der Waals surface area (Å²) in [5.74, 6) is 0. The number of hydrogen-bond donors (Lipinski definition) is 2. The first kappa shape index (κ1) is 6.05. The molecule has 2 atom stereocenters. The molecule has 0 radical (unpaired) electrons. The molecule has 2 heteroatoms. The molecule has 0 bridgehead atoms. The first-order valence-electron chi connectivity index (χ1n) is 3.25. The van der Waals surface area contributed by atoms with Crippen LogP contribution in [0.4, 0.5) is 0 Å². The Balaban J connectivity index is 2.30. The van der Waals surface area contributed by atoms with E-state index < -0.39 is 0 Å². The Hall–Kier alpha value is -0.0800. The molecule has 8 heavy (non-hydrogen) atoms. The van der Waals surface area contributed by atoms with Gasteiger partial charge in [0.25, 0.3) is 0 Å². The molecule has 0 spiro atoms. The summed E-state index contributed by atoms with van der Waals surface area (Å²) in [6.07, 6.45) is 1.28. The summed E-state index contributed by atoms with van der Waals surface area (Å²) < 4.78 is 0. The molecule has 1 aliphatic rings. The topological polar surface area (TPSA) is 24.1 Å². The third-order valence-electron chi connectivity index (χ3n) is 1.90. The van der Waals surface area contributed by atoms with Crippen LogP contribution < -0.4 is 10.6 Å². The van der Waals surface area contributed by atoms with Crippen LogP contribution in [0.5, 0.6) is 0 Å². The highest BCUT2D eigenvalue weighted by molar-refractivity contribution is 4.84. The zero-order valence-electron chi connectivity index (χ0n) is 5.57. The van der Waals surface area contributed by atoms with Crippen molar-refractivity contribution >= 4 is 0 Å². The zero-order chi connectivity index (χ0) is 5.98. The minimum atomic E-state index is 0.667. The Morgan fingerprint density at radius 2 is 2.38 bits per heavy atom. The number of hydrogen-bond acceptors (Lipinski definition) is 2. The van der Waals surface area contributed by atoms with Gasteiger partial charge in [-0.05, 0) is 26.9 Å². The Labute approximate surface area is 50.7 Å². The second-order valence-corrected chi connectivity index (χ2v) is 2.43. The van der Waals surface area contributed by atoms with Crippen LogP contribution in [0.15, 0.2) is 0 Å². The molecule has 0 aromatic rings. The van der Waals surface area contributed by atoms with E-state index in [0.717, 1.165) is 0 Å². The maximum Gasteiger partial charge on any atom is 0.0227 e. The van der Waals surface area contributed by atoms with Crippen LogP contribution in [0.3, 0.4) is 0 Å². The molecule has 0 aliphatic carbocycles. The predicted octanol–water partition coefficient (Wildman–Crippen LogP) is -0.0438. The van der Waals surface area contributed by atoms with Gasteiger partial charge in [0, 0.05) is 12.1 Å². The lowest BCUT2D eigenvalue weighted by atomic mass is 10.1. The monoisotopic (exact) mass is 114 g/mol. The third kappa shape index (κ3) is 1.01.